The molecular weight excluding hydrogens is 240 g/mol. The molecule has 0 aliphatic carbocycles. The predicted octanol–water partition coefficient (Wildman–Crippen LogP) is 2.38. The number of primary amides is 1. The van der Waals surface area contributed by atoms with Crippen molar-refractivity contribution in [3.8, 4) is 11.8 Å². The highest BCUT2D eigenvalue weighted by Crippen LogP contribution is 2.32. The van der Waals surface area contributed by atoms with E-state index in [1.165, 1.54) is 6.08 Å². The van der Waals surface area contributed by atoms with Gasteiger partial charge in [0.15, 0.2) is 0 Å². The molecule has 0 aromatic heterocycles. The molecule has 0 fully saturated rings. The van der Waals surface area contributed by atoms with E-state index >= 15 is 0 Å². The zero-order chi connectivity index (χ0) is 14.6. The van der Waals surface area contributed by atoms with Crippen molar-refractivity contribution in [1.82, 2.24) is 0 Å². The highest BCUT2D eigenvalue weighted by molar-refractivity contribution is 6.00. The average Bonchev–Trinajstić information content (AvgIpc) is 2.34. The molecule has 0 heterocycles. The Labute approximate surface area is 113 Å². The lowest BCUT2D eigenvalue weighted by Gasteiger charge is -2.22. The van der Waals surface area contributed by atoms with Gasteiger partial charge in [-0.1, -0.05) is 26.8 Å². The Bertz CT molecular complexity index is 560. The van der Waals surface area contributed by atoms with Crippen LogP contribution in [-0.2, 0) is 10.2 Å². The number of rotatable bonds is 3. The summed E-state index contributed by atoms with van der Waals surface area (Å²) < 4.78 is 5.33. The van der Waals surface area contributed by atoms with Gasteiger partial charge in [-0.05, 0) is 29.2 Å². The van der Waals surface area contributed by atoms with E-state index in [1.807, 2.05) is 12.1 Å². The fourth-order valence-corrected chi connectivity index (χ4v) is 1.73. The standard InChI is InChI=1S/C15H18N2O2/c1-15(2,3)12-8-10(5-6-13(12)19-4)7-11(9-16)14(17)18/h5-8H,1-4H3,(H2,17,18)/b11-7-. The Morgan fingerprint density at radius 1 is 1.42 bits per heavy atom. The molecule has 0 radical (unpaired) electrons. The zero-order valence-electron chi connectivity index (χ0n) is 11.7. The Hall–Kier alpha value is -2.28. The molecular formula is C15H18N2O2. The van der Waals surface area contributed by atoms with Crippen molar-refractivity contribution >= 4 is 12.0 Å². The van der Waals surface area contributed by atoms with Crippen molar-refractivity contribution in [2.75, 3.05) is 7.11 Å². The molecule has 4 nitrogen and oxygen atoms in total. The second kappa shape index (κ2) is 5.57. The molecule has 2 N–H and O–H groups in total. The Morgan fingerprint density at radius 3 is 2.47 bits per heavy atom. The molecule has 0 spiro atoms. The molecule has 0 aliphatic rings. The van der Waals surface area contributed by atoms with E-state index in [9.17, 15) is 4.79 Å². The van der Waals surface area contributed by atoms with Crippen LogP contribution in [0.1, 0.15) is 31.9 Å². The Morgan fingerprint density at radius 2 is 2.05 bits per heavy atom. The first-order valence-corrected chi connectivity index (χ1v) is 5.89. The number of ether oxygens (including phenoxy) is 1. The predicted molar refractivity (Wildman–Crippen MR) is 74.5 cm³/mol. The summed E-state index contributed by atoms with van der Waals surface area (Å²) in [5, 5.41) is 8.84. The van der Waals surface area contributed by atoms with Crippen LogP contribution in [-0.4, -0.2) is 13.0 Å². The first-order chi connectivity index (χ1) is 8.79. The molecule has 0 atom stereocenters. The molecule has 0 saturated carbocycles. The van der Waals surface area contributed by atoms with Gasteiger partial charge in [0.05, 0.1) is 7.11 Å². The highest BCUT2D eigenvalue weighted by Gasteiger charge is 2.19. The third-order valence-corrected chi connectivity index (χ3v) is 2.73. The lowest BCUT2D eigenvalue weighted by molar-refractivity contribution is -0.114. The van der Waals surface area contributed by atoms with Gasteiger partial charge in [-0.2, -0.15) is 5.26 Å². The van der Waals surface area contributed by atoms with E-state index in [-0.39, 0.29) is 11.0 Å². The van der Waals surface area contributed by atoms with Gasteiger partial charge in [0.2, 0.25) is 0 Å². The van der Waals surface area contributed by atoms with E-state index in [0.717, 1.165) is 16.9 Å². The largest absolute Gasteiger partial charge is 0.496 e. The molecule has 1 amide bonds. The first kappa shape index (κ1) is 14.8. The minimum atomic E-state index is -0.726. The Balaban J connectivity index is 3.35. The number of hydrogen-bond acceptors (Lipinski definition) is 3. The van der Waals surface area contributed by atoms with Gasteiger partial charge in [0, 0.05) is 5.56 Å². The normalized spacial score (nSPS) is 11.8. The van der Waals surface area contributed by atoms with E-state index in [2.05, 4.69) is 20.8 Å². The topological polar surface area (TPSA) is 76.1 Å². The number of carbonyl (C=O) groups is 1. The zero-order valence-corrected chi connectivity index (χ0v) is 11.7. The summed E-state index contributed by atoms with van der Waals surface area (Å²) in [4.78, 5) is 11.0. The number of hydrogen-bond donors (Lipinski definition) is 1. The lowest BCUT2D eigenvalue weighted by Crippen LogP contribution is -2.14. The van der Waals surface area contributed by atoms with Gasteiger partial charge in [0.1, 0.15) is 17.4 Å². The van der Waals surface area contributed by atoms with Crippen LogP contribution in [0.2, 0.25) is 0 Å². The van der Waals surface area contributed by atoms with Crippen LogP contribution in [0.25, 0.3) is 6.08 Å². The van der Waals surface area contributed by atoms with E-state index < -0.39 is 5.91 Å². The molecule has 1 aromatic rings. The molecule has 0 bridgehead atoms. The monoisotopic (exact) mass is 258 g/mol. The van der Waals surface area contributed by atoms with E-state index in [1.54, 1.807) is 19.2 Å². The molecule has 4 heteroatoms. The number of nitrogens with two attached hydrogens (primary N) is 1. The lowest BCUT2D eigenvalue weighted by atomic mass is 9.85. The number of nitriles is 1. The number of nitrogens with zero attached hydrogens (tertiary/aromatic N) is 1. The molecule has 0 saturated heterocycles. The van der Waals surface area contributed by atoms with Crippen LogP contribution in [0.5, 0.6) is 5.75 Å². The second-order valence-corrected chi connectivity index (χ2v) is 5.24. The smallest absolute Gasteiger partial charge is 0.259 e. The van der Waals surface area contributed by atoms with E-state index in [0.29, 0.717) is 0 Å². The highest BCUT2D eigenvalue weighted by atomic mass is 16.5. The van der Waals surface area contributed by atoms with Crippen LogP contribution in [0.15, 0.2) is 23.8 Å². The molecule has 0 unspecified atom stereocenters. The summed E-state index contributed by atoms with van der Waals surface area (Å²) >= 11 is 0. The number of amides is 1. The van der Waals surface area contributed by atoms with Crippen LogP contribution in [0.4, 0.5) is 0 Å². The average molecular weight is 258 g/mol. The summed E-state index contributed by atoms with van der Waals surface area (Å²) in [6, 6.07) is 7.30. The maximum Gasteiger partial charge on any atom is 0.259 e. The molecule has 19 heavy (non-hydrogen) atoms. The number of benzene rings is 1. The summed E-state index contributed by atoms with van der Waals surface area (Å²) in [5.74, 6) is 0.0536. The van der Waals surface area contributed by atoms with Crippen molar-refractivity contribution < 1.29 is 9.53 Å². The van der Waals surface area contributed by atoms with Crippen molar-refractivity contribution in [3.05, 3.63) is 34.9 Å². The van der Waals surface area contributed by atoms with Gasteiger partial charge in [-0.15, -0.1) is 0 Å². The number of carbonyl (C=O) groups excluding carboxylic acids is 1. The van der Waals surface area contributed by atoms with Crippen LogP contribution < -0.4 is 10.5 Å². The fraction of sp³-hybridized carbons (Fsp3) is 0.333. The summed E-state index contributed by atoms with van der Waals surface area (Å²) in [7, 11) is 1.62. The third-order valence-electron chi connectivity index (χ3n) is 2.73. The second-order valence-electron chi connectivity index (χ2n) is 5.24. The number of methoxy groups -OCH3 is 1. The molecule has 0 aliphatic heterocycles. The molecule has 1 aromatic carbocycles. The van der Waals surface area contributed by atoms with Gasteiger partial charge < -0.3 is 10.5 Å². The van der Waals surface area contributed by atoms with Crippen molar-refractivity contribution in [3.63, 3.8) is 0 Å². The van der Waals surface area contributed by atoms with Crippen LogP contribution in [0, 0.1) is 11.3 Å². The van der Waals surface area contributed by atoms with Crippen LogP contribution >= 0.6 is 0 Å². The van der Waals surface area contributed by atoms with Gasteiger partial charge in [0.25, 0.3) is 5.91 Å². The minimum Gasteiger partial charge on any atom is -0.496 e. The van der Waals surface area contributed by atoms with Crippen LogP contribution in [0.3, 0.4) is 0 Å². The molecule has 1 rings (SSSR count). The quantitative estimate of drug-likeness (QED) is 0.668. The third kappa shape index (κ3) is 3.59. The SMILES string of the molecule is COc1ccc(/C=C(/C#N)C(N)=O)cc1C(C)(C)C. The maximum atomic E-state index is 11.0. The summed E-state index contributed by atoms with van der Waals surface area (Å²) in [6.07, 6.45) is 1.48. The summed E-state index contributed by atoms with van der Waals surface area (Å²) in [5.41, 5.74) is 6.71. The first-order valence-electron chi connectivity index (χ1n) is 5.89. The van der Waals surface area contributed by atoms with Crippen molar-refractivity contribution in [1.29, 1.82) is 5.26 Å². The maximum absolute atomic E-state index is 11.0. The van der Waals surface area contributed by atoms with E-state index in [4.69, 9.17) is 15.7 Å². The van der Waals surface area contributed by atoms with Crippen molar-refractivity contribution in [2.24, 2.45) is 5.73 Å². The van der Waals surface area contributed by atoms with Gasteiger partial charge in [-0.3, -0.25) is 4.79 Å². The van der Waals surface area contributed by atoms with Gasteiger partial charge >= 0.3 is 0 Å². The van der Waals surface area contributed by atoms with Crippen molar-refractivity contribution in [2.45, 2.75) is 26.2 Å². The Kier molecular flexibility index (Phi) is 4.34. The molecule has 100 valence electrons. The minimum absolute atomic E-state index is 0.0648. The fourth-order valence-electron chi connectivity index (χ4n) is 1.73. The summed E-state index contributed by atoms with van der Waals surface area (Å²) in [6.45, 7) is 6.20. The van der Waals surface area contributed by atoms with Gasteiger partial charge in [-0.25, -0.2) is 0 Å².